The summed E-state index contributed by atoms with van der Waals surface area (Å²) in [4.78, 5) is 12.8. The molecule has 2 N–H and O–H groups in total. The van der Waals surface area contributed by atoms with Crippen molar-refractivity contribution in [1.29, 1.82) is 0 Å². The van der Waals surface area contributed by atoms with Gasteiger partial charge in [-0.3, -0.25) is 4.79 Å². The molecule has 3 nitrogen and oxygen atoms in total. The van der Waals surface area contributed by atoms with Crippen LogP contribution < -0.4 is 5.32 Å². The van der Waals surface area contributed by atoms with Gasteiger partial charge in [0.2, 0.25) is 0 Å². The topological polar surface area (TPSA) is 49.3 Å². The lowest BCUT2D eigenvalue weighted by Gasteiger charge is -2.19. The molecular weight excluding hydrogens is 258 g/mol. The summed E-state index contributed by atoms with van der Waals surface area (Å²) in [5.74, 6) is -0.0433. The number of amides is 1. The normalized spacial score (nSPS) is 15.8. The lowest BCUT2D eigenvalue weighted by atomic mass is 9.95. The van der Waals surface area contributed by atoms with Gasteiger partial charge >= 0.3 is 0 Å². The predicted octanol–water partition coefficient (Wildman–Crippen LogP) is 2.42. The van der Waals surface area contributed by atoms with E-state index in [4.69, 9.17) is 0 Å². The zero-order valence-electron chi connectivity index (χ0n) is 10.6. The van der Waals surface area contributed by atoms with Crippen LogP contribution in [0.3, 0.4) is 0 Å². The van der Waals surface area contributed by atoms with Crippen molar-refractivity contribution < 1.29 is 9.90 Å². The van der Waals surface area contributed by atoms with Gasteiger partial charge in [0.15, 0.2) is 0 Å². The number of thiophene rings is 1. The van der Waals surface area contributed by atoms with Crippen molar-refractivity contribution in [2.75, 3.05) is 6.54 Å². The van der Waals surface area contributed by atoms with Gasteiger partial charge in [-0.25, -0.2) is 0 Å². The Hall–Kier alpha value is -1.65. The Morgan fingerprint density at radius 1 is 1.37 bits per heavy atom. The predicted molar refractivity (Wildman–Crippen MR) is 75.6 cm³/mol. The minimum Gasteiger partial charge on any atom is -0.383 e. The summed E-state index contributed by atoms with van der Waals surface area (Å²) in [6.07, 6.45) is 0.204. The van der Waals surface area contributed by atoms with Crippen LogP contribution in [0.15, 0.2) is 29.6 Å². The second kappa shape index (κ2) is 4.79. The maximum absolute atomic E-state index is 11.8. The summed E-state index contributed by atoms with van der Waals surface area (Å²) in [6, 6.07) is 7.68. The standard InChI is InChI=1S/C15H15NO2S/c1-9-5-7-19-14(9)13(17)11-3-2-10-4-6-16-15(18)12(10)8-11/h2-3,5,7-8,13,17H,4,6H2,1H3,(H,16,18). The third-order valence-corrected chi connectivity index (χ3v) is 4.60. The van der Waals surface area contributed by atoms with E-state index < -0.39 is 6.10 Å². The maximum Gasteiger partial charge on any atom is 0.251 e. The lowest BCUT2D eigenvalue weighted by Crippen LogP contribution is -2.31. The highest BCUT2D eigenvalue weighted by Gasteiger charge is 2.20. The molecule has 0 aliphatic carbocycles. The molecule has 0 saturated carbocycles. The molecule has 0 spiro atoms. The first-order valence-electron chi connectivity index (χ1n) is 6.30. The monoisotopic (exact) mass is 273 g/mol. The quantitative estimate of drug-likeness (QED) is 0.883. The molecule has 0 bridgehead atoms. The Bertz CT molecular complexity index is 633. The maximum atomic E-state index is 11.8. The Balaban J connectivity index is 2.00. The smallest absolute Gasteiger partial charge is 0.251 e. The number of hydrogen-bond donors (Lipinski definition) is 2. The van der Waals surface area contributed by atoms with E-state index in [1.54, 1.807) is 11.3 Å². The molecule has 19 heavy (non-hydrogen) atoms. The van der Waals surface area contributed by atoms with Crippen LogP contribution in [0.25, 0.3) is 0 Å². The SMILES string of the molecule is Cc1ccsc1C(O)c1ccc2c(c1)C(=O)NCC2. The van der Waals surface area contributed by atoms with Gasteiger partial charge < -0.3 is 10.4 Å². The van der Waals surface area contributed by atoms with E-state index in [0.717, 1.165) is 28.0 Å². The van der Waals surface area contributed by atoms with E-state index in [0.29, 0.717) is 12.1 Å². The molecule has 1 atom stereocenters. The number of aliphatic hydroxyl groups is 1. The summed E-state index contributed by atoms with van der Waals surface area (Å²) < 4.78 is 0. The fourth-order valence-corrected chi connectivity index (χ4v) is 3.35. The number of carbonyl (C=O) groups is 1. The molecular formula is C15H15NO2S. The summed E-state index contributed by atoms with van der Waals surface area (Å²) in [6.45, 7) is 2.68. The van der Waals surface area contributed by atoms with Crippen LogP contribution in [0, 0.1) is 6.92 Å². The summed E-state index contributed by atoms with van der Waals surface area (Å²) >= 11 is 1.54. The fourth-order valence-electron chi connectivity index (χ4n) is 2.42. The third-order valence-electron chi connectivity index (χ3n) is 3.52. The van der Waals surface area contributed by atoms with E-state index in [1.165, 1.54) is 0 Å². The number of hydrogen-bond acceptors (Lipinski definition) is 3. The fraction of sp³-hybridized carbons (Fsp3) is 0.267. The zero-order valence-corrected chi connectivity index (χ0v) is 11.5. The first-order valence-corrected chi connectivity index (χ1v) is 7.18. The highest BCUT2D eigenvalue weighted by atomic mass is 32.1. The minimum absolute atomic E-state index is 0.0433. The minimum atomic E-state index is -0.653. The Morgan fingerprint density at radius 3 is 2.95 bits per heavy atom. The molecule has 3 rings (SSSR count). The average molecular weight is 273 g/mol. The second-order valence-corrected chi connectivity index (χ2v) is 5.74. The van der Waals surface area contributed by atoms with Gasteiger partial charge in [-0.2, -0.15) is 0 Å². The summed E-state index contributed by atoms with van der Waals surface area (Å²) in [5.41, 5.74) is 3.61. The van der Waals surface area contributed by atoms with Crippen molar-refractivity contribution in [3.63, 3.8) is 0 Å². The molecule has 1 aromatic heterocycles. The molecule has 1 amide bonds. The van der Waals surface area contributed by atoms with Crippen molar-refractivity contribution in [1.82, 2.24) is 5.32 Å². The Kier molecular flexibility index (Phi) is 3.12. The van der Waals surface area contributed by atoms with Crippen LogP contribution in [-0.4, -0.2) is 17.6 Å². The lowest BCUT2D eigenvalue weighted by molar-refractivity contribution is 0.0945. The van der Waals surface area contributed by atoms with Gasteiger partial charge in [-0.15, -0.1) is 11.3 Å². The summed E-state index contributed by atoms with van der Waals surface area (Å²) in [5, 5.41) is 15.2. The molecule has 98 valence electrons. The first kappa shape index (κ1) is 12.4. The van der Waals surface area contributed by atoms with E-state index in [9.17, 15) is 9.90 Å². The van der Waals surface area contributed by atoms with Crippen LogP contribution in [0.2, 0.25) is 0 Å². The molecule has 2 heterocycles. The average Bonchev–Trinajstić information content (AvgIpc) is 2.84. The third kappa shape index (κ3) is 2.17. The van der Waals surface area contributed by atoms with Gasteiger partial charge in [0, 0.05) is 17.0 Å². The van der Waals surface area contributed by atoms with Crippen molar-refractivity contribution in [3.05, 3.63) is 56.8 Å². The largest absolute Gasteiger partial charge is 0.383 e. The van der Waals surface area contributed by atoms with Gasteiger partial charge in [0.1, 0.15) is 6.10 Å². The number of aliphatic hydroxyl groups excluding tert-OH is 1. The molecule has 1 aliphatic heterocycles. The summed E-state index contributed by atoms with van der Waals surface area (Å²) in [7, 11) is 0. The van der Waals surface area contributed by atoms with Gasteiger partial charge in [-0.1, -0.05) is 12.1 Å². The number of rotatable bonds is 2. The van der Waals surface area contributed by atoms with Crippen molar-refractivity contribution >= 4 is 17.2 Å². The van der Waals surface area contributed by atoms with Crippen LogP contribution in [-0.2, 0) is 6.42 Å². The van der Waals surface area contributed by atoms with Crippen LogP contribution in [0.5, 0.6) is 0 Å². The number of fused-ring (bicyclic) bond motifs is 1. The van der Waals surface area contributed by atoms with E-state index >= 15 is 0 Å². The Labute approximate surface area is 115 Å². The molecule has 1 aliphatic rings. The highest BCUT2D eigenvalue weighted by molar-refractivity contribution is 7.10. The van der Waals surface area contributed by atoms with E-state index in [1.807, 2.05) is 36.6 Å². The van der Waals surface area contributed by atoms with Gasteiger partial charge in [0.25, 0.3) is 5.91 Å². The van der Waals surface area contributed by atoms with E-state index in [2.05, 4.69) is 5.32 Å². The molecule has 1 aromatic carbocycles. The molecule has 4 heteroatoms. The number of nitrogens with one attached hydrogen (secondary N) is 1. The van der Waals surface area contributed by atoms with Crippen molar-refractivity contribution in [3.8, 4) is 0 Å². The molecule has 2 aromatic rings. The van der Waals surface area contributed by atoms with Crippen molar-refractivity contribution in [2.45, 2.75) is 19.4 Å². The van der Waals surface area contributed by atoms with Crippen LogP contribution in [0.4, 0.5) is 0 Å². The number of benzene rings is 1. The molecule has 0 fully saturated rings. The Morgan fingerprint density at radius 2 is 2.21 bits per heavy atom. The highest BCUT2D eigenvalue weighted by Crippen LogP contribution is 2.30. The molecule has 0 saturated heterocycles. The van der Waals surface area contributed by atoms with E-state index in [-0.39, 0.29) is 5.91 Å². The van der Waals surface area contributed by atoms with Gasteiger partial charge in [0.05, 0.1) is 0 Å². The van der Waals surface area contributed by atoms with Crippen LogP contribution >= 0.6 is 11.3 Å². The number of carbonyl (C=O) groups excluding carboxylic acids is 1. The zero-order chi connectivity index (χ0) is 13.4. The van der Waals surface area contributed by atoms with Crippen molar-refractivity contribution in [2.24, 2.45) is 0 Å². The second-order valence-electron chi connectivity index (χ2n) is 4.79. The molecule has 1 unspecified atom stereocenters. The van der Waals surface area contributed by atoms with Crippen LogP contribution in [0.1, 0.15) is 38.0 Å². The van der Waals surface area contributed by atoms with Gasteiger partial charge in [-0.05, 0) is 47.5 Å². The molecule has 0 radical (unpaired) electrons. The first-order chi connectivity index (χ1) is 9.16. The number of aryl methyl sites for hydroxylation is 1.